The summed E-state index contributed by atoms with van der Waals surface area (Å²) in [5.41, 5.74) is -0.173. The number of amides is 1. The Hall–Kier alpha value is -3.14. The van der Waals surface area contributed by atoms with Crippen molar-refractivity contribution in [2.45, 2.75) is 71.9 Å². The highest BCUT2D eigenvalue weighted by molar-refractivity contribution is 6.01. The Kier molecular flexibility index (Phi) is 11.2. The molecule has 0 radical (unpaired) electrons. The highest BCUT2D eigenvalue weighted by atomic mass is 16.8. The van der Waals surface area contributed by atoms with Crippen molar-refractivity contribution < 1.29 is 38.2 Å². The third-order valence-corrected chi connectivity index (χ3v) is 5.52. The van der Waals surface area contributed by atoms with Crippen molar-refractivity contribution in [1.29, 1.82) is 0 Å². The Bertz CT molecular complexity index is 886. The van der Waals surface area contributed by atoms with Crippen LogP contribution in [0.15, 0.2) is 24.3 Å². The molecule has 200 valence electrons. The summed E-state index contributed by atoms with van der Waals surface area (Å²) in [5.74, 6) is -0.0829. The van der Waals surface area contributed by atoms with Gasteiger partial charge in [-0.15, -0.1) is 5.06 Å². The van der Waals surface area contributed by atoms with Crippen molar-refractivity contribution in [2.75, 3.05) is 26.3 Å². The summed E-state index contributed by atoms with van der Waals surface area (Å²) < 4.78 is 15.3. The minimum Gasteiger partial charge on any atom is -0.482 e. The van der Waals surface area contributed by atoms with Crippen molar-refractivity contribution in [2.24, 2.45) is 5.92 Å². The van der Waals surface area contributed by atoms with Gasteiger partial charge in [-0.2, -0.15) is 0 Å². The molecule has 1 N–H and O–H groups in total. The summed E-state index contributed by atoms with van der Waals surface area (Å²) >= 11 is 0. The van der Waals surface area contributed by atoms with Crippen molar-refractivity contribution >= 4 is 23.8 Å². The standard InChI is InChI=1S/C26H38N2O8/c1-6-33-23(30)17-34-21-10-8-20(9-11-21)24(31)18(2)27-22(29)12-7-19-13-15-28(16-14-19)36-25(32)35-26(3,4)5/h8-11,18-19H,6-7,12-17H2,1-5H3,(H,27,29)/t18-/m0/s1. The number of nitrogens with zero attached hydrogens (tertiary/aromatic N) is 1. The van der Waals surface area contributed by atoms with Crippen LogP contribution in [0.2, 0.25) is 0 Å². The molecule has 1 aromatic carbocycles. The quantitative estimate of drug-likeness (QED) is 0.354. The summed E-state index contributed by atoms with van der Waals surface area (Å²) in [6.07, 6.45) is 1.90. The fourth-order valence-corrected chi connectivity index (χ4v) is 3.69. The van der Waals surface area contributed by atoms with Crippen LogP contribution in [0.25, 0.3) is 0 Å². The van der Waals surface area contributed by atoms with Gasteiger partial charge < -0.3 is 24.4 Å². The lowest BCUT2D eigenvalue weighted by Crippen LogP contribution is -2.39. The number of ketones is 1. The summed E-state index contributed by atoms with van der Waals surface area (Å²) in [6, 6.07) is 5.71. The highest BCUT2D eigenvalue weighted by Gasteiger charge is 2.26. The van der Waals surface area contributed by atoms with E-state index >= 15 is 0 Å². The van der Waals surface area contributed by atoms with E-state index in [1.807, 2.05) is 0 Å². The second-order valence-corrected chi connectivity index (χ2v) is 9.74. The van der Waals surface area contributed by atoms with Gasteiger partial charge in [0, 0.05) is 25.1 Å². The van der Waals surface area contributed by atoms with E-state index in [9.17, 15) is 19.2 Å². The number of Topliss-reactive ketones (excluding diaryl/α,β-unsaturated/α-hetero) is 1. The number of nitrogens with one attached hydrogen (secondary N) is 1. The Labute approximate surface area is 212 Å². The van der Waals surface area contributed by atoms with Crippen molar-refractivity contribution in [1.82, 2.24) is 10.4 Å². The second-order valence-electron chi connectivity index (χ2n) is 9.74. The van der Waals surface area contributed by atoms with Gasteiger partial charge in [-0.25, -0.2) is 9.59 Å². The fraction of sp³-hybridized carbons (Fsp3) is 0.615. The molecule has 0 unspecified atom stereocenters. The number of piperidine rings is 1. The Morgan fingerprint density at radius 1 is 1.08 bits per heavy atom. The minimum absolute atomic E-state index is 0.183. The van der Waals surface area contributed by atoms with Crippen LogP contribution in [-0.4, -0.2) is 66.8 Å². The van der Waals surface area contributed by atoms with Gasteiger partial charge in [0.15, 0.2) is 12.4 Å². The Balaban J connectivity index is 1.69. The monoisotopic (exact) mass is 506 g/mol. The number of hydrogen-bond donors (Lipinski definition) is 1. The lowest BCUT2D eigenvalue weighted by Gasteiger charge is -2.31. The lowest BCUT2D eigenvalue weighted by molar-refractivity contribution is -0.155. The number of rotatable bonds is 11. The predicted molar refractivity (Wildman–Crippen MR) is 131 cm³/mol. The first-order valence-electron chi connectivity index (χ1n) is 12.3. The average Bonchev–Trinajstić information content (AvgIpc) is 2.81. The van der Waals surface area contributed by atoms with Crippen LogP contribution in [0.4, 0.5) is 4.79 Å². The zero-order valence-corrected chi connectivity index (χ0v) is 21.8. The van der Waals surface area contributed by atoms with E-state index in [-0.39, 0.29) is 24.9 Å². The van der Waals surface area contributed by atoms with Gasteiger partial charge in [-0.3, -0.25) is 9.59 Å². The van der Waals surface area contributed by atoms with E-state index in [1.54, 1.807) is 63.9 Å². The van der Waals surface area contributed by atoms with Crippen LogP contribution in [0.1, 0.15) is 70.7 Å². The summed E-state index contributed by atoms with van der Waals surface area (Å²) in [4.78, 5) is 53.5. The van der Waals surface area contributed by atoms with Gasteiger partial charge in [0.1, 0.15) is 11.4 Å². The molecule has 0 aliphatic carbocycles. The molecule has 0 aromatic heterocycles. The van der Waals surface area contributed by atoms with Crippen LogP contribution < -0.4 is 10.1 Å². The molecule has 10 nitrogen and oxygen atoms in total. The molecule has 1 aliphatic heterocycles. The molecule has 0 spiro atoms. The van der Waals surface area contributed by atoms with Gasteiger partial charge in [0.05, 0.1) is 12.6 Å². The third-order valence-electron chi connectivity index (χ3n) is 5.52. The van der Waals surface area contributed by atoms with E-state index in [2.05, 4.69) is 5.32 Å². The largest absolute Gasteiger partial charge is 0.528 e. The molecule has 1 aliphatic rings. The predicted octanol–water partition coefficient (Wildman–Crippen LogP) is 3.67. The van der Waals surface area contributed by atoms with Crippen LogP contribution in [0.5, 0.6) is 5.75 Å². The van der Waals surface area contributed by atoms with E-state index in [1.165, 1.54) is 0 Å². The third kappa shape index (κ3) is 10.6. The number of hydrogen-bond acceptors (Lipinski definition) is 9. The van der Waals surface area contributed by atoms with Gasteiger partial charge in [0.2, 0.25) is 5.91 Å². The molecule has 1 amide bonds. The number of ether oxygens (including phenoxy) is 3. The zero-order valence-electron chi connectivity index (χ0n) is 21.8. The second kappa shape index (κ2) is 13.8. The number of hydroxylamine groups is 2. The van der Waals surface area contributed by atoms with Crippen molar-refractivity contribution in [3.63, 3.8) is 0 Å². The molecule has 10 heteroatoms. The van der Waals surface area contributed by atoms with Crippen LogP contribution in [0.3, 0.4) is 0 Å². The summed E-state index contributed by atoms with van der Waals surface area (Å²) in [5, 5.41) is 4.36. The average molecular weight is 507 g/mol. The van der Waals surface area contributed by atoms with Gasteiger partial charge in [0.25, 0.3) is 0 Å². The smallest absolute Gasteiger partial charge is 0.482 e. The Morgan fingerprint density at radius 2 is 1.72 bits per heavy atom. The number of carbonyl (C=O) groups excluding carboxylic acids is 4. The first kappa shape index (κ1) is 29.1. The normalized spacial score (nSPS) is 15.5. The summed E-state index contributed by atoms with van der Waals surface area (Å²) in [6.45, 7) is 9.95. The molecule has 1 heterocycles. The number of benzene rings is 1. The van der Waals surface area contributed by atoms with Crippen LogP contribution in [0, 0.1) is 5.92 Å². The fourth-order valence-electron chi connectivity index (χ4n) is 3.69. The van der Waals surface area contributed by atoms with E-state index < -0.39 is 23.8 Å². The van der Waals surface area contributed by atoms with E-state index in [4.69, 9.17) is 19.0 Å². The van der Waals surface area contributed by atoms with Crippen LogP contribution in [-0.2, 0) is 23.9 Å². The van der Waals surface area contributed by atoms with Crippen molar-refractivity contribution in [3.8, 4) is 5.75 Å². The molecule has 1 atom stereocenters. The van der Waals surface area contributed by atoms with Gasteiger partial charge >= 0.3 is 12.1 Å². The van der Waals surface area contributed by atoms with Gasteiger partial charge in [-0.05, 0) is 84.1 Å². The SMILES string of the molecule is CCOC(=O)COc1ccc(C(=O)[C@H](C)NC(=O)CCC2CCN(OC(=O)OC(C)(C)C)CC2)cc1. The molecule has 2 rings (SSSR count). The molecule has 1 aromatic rings. The maximum absolute atomic E-state index is 12.7. The molecular weight excluding hydrogens is 468 g/mol. The topological polar surface area (TPSA) is 120 Å². The molecule has 0 saturated carbocycles. The van der Waals surface area contributed by atoms with Gasteiger partial charge in [-0.1, -0.05) is 0 Å². The maximum atomic E-state index is 12.7. The van der Waals surface area contributed by atoms with Crippen molar-refractivity contribution in [3.05, 3.63) is 29.8 Å². The molecule has 36 heavy (non-hydrogen) atoms. The molecule has 1 fully saturated rings. The summed E-state index contributed by atoms with van der Waals surface area (Å²) in [7, 11) is 0. The highest BCUT2D eigenvalue weighted by Crippen LogP contribution is 2.23. The lowest BCUT2D eigenvalue weighted by atomic mass is 9.93. The molecule has 1 saturated heterocycles. The maximum Gasteiger partial charge on any atom is 0.528 e. The van der Waals surface area contributed by atoms with Crippen LogP contribution >= 0.6 is 0 Å². The zero-order chi connectivity index (χ0) is 26.7. The number of carbonyl (C=O) groups is 4. The first-order valence-corrected chi connectivity index (χ1v) is 12.3. The van der Waals surface area contributed by atoms with E-state index in [0.717, 1.165) is 12.8 Å². The first-order chi connectivity index (χ1) is 17.0. The number of esters is 1. The molecule has 0 bridgehead atoms. The Morgan fingerprint density at radius 3 is 2.31 bits per heavy atom. The molecular formula is C26H38N2O8. The van der Waals surface area contributed by atoms with E-state index in [0.29, 0.717) is 43.2 Å². The minimum atomic E-state index is -0.710.